The Hall–Kier alpha value is -1.35. The van der Waals surface area contributed by atoms with Crippen LogP contribution in [0.2, 0.25) is 0 Å². The molecular formula is C18H29NO2. The van der Waals surface area contributed by atoms with Crippen LogP contribution in [-0.4, -0.2) is 18.1 Å². The van der Waals surface area contributed by atoms with Crippen LogP contribution in [0.15, 0.2) is 30.3 Å². The van der Waals surface area contributed by atoms with E-state index >= 15 is 0 Å². The first-order valence-corrected chi connectivity index (χ1v) is 8.17. The van der Waals surface area contributed by atoms with Gasteiger partial charge in [-0.05, 0) is 24.8 Å². The van der Waals surface area contributed by atoms with Crippen molar-refractivity contribution in [1.82, 2.24) is 0 Å². The van der Waals surface area contributed by atoms with Crippen molar-refractivity contribution in [1.29, 1.82) is 0 Å². The fraction of sp³-hybridized carbons (Fsp3) is 0.611. The largest absolute Gasteiger partial charge is 0.461 e. The summed E-state index contributed by atoms with van der Waals surface area (Å²) < 4.78 is 5.62. The molecule has 0 aliphatic carbocycles. The van der Waals surface area contributed by atoms with Crippen LogP contribution >= 0.6 is 0 Å². The molecule has 3 nitrogen and oxygen atoms in total. The predicted molar refractivity (Wildman–Crippen MR) is 87.1 cm³/mol. The van der Waals surface area contributed by atoms with E-state index in [0.717, 1.165) is 44.1 Å². The van der Waals surface area contributed by atoms with Gasteiger partial charge in [0.15, 0.2) is 0 Å². The van der Waals surface area contributed by atoms with Crippen molar-refractivity contribution in [2.45, 2.75) is 70.9 Å². The molecular weight excluding hydrogens is 262 g/mol. The number of benzene rings is 1. The van der Waals surface area contributed by atoms with Crippen molar-refractivity contribution >= 4 is 5.97 Å². The Balaban J connectivity index is 2.46. The highest BCUT2D eigenvalue weighted by Crippen LogP contribution is 2.14. The average molecular weight is 291 g/mol. The molecule has 2 N–H and O–H groups in total. The molecule has 3 heteroatoms. The van der Waals surface area contributed by atoms with Gasteiger partial charge in [0.1, 0.15) is 12.1 Å². The smallest absolute Gasteiger partial charge is 0.323 e. The van der Waals surface area contributed by atoms with E-state index in [0.29, 0.717) is 6.42 Å². The molecule has 0 aliphatic rings. The maximum atomic E-state index is 12.1. The number of ether oxygens (including phenoxy) is 1. The molecule has 1 rings (SSSR count). The molecule has 0 fully saturated rings. The monoisotopic (exact) mass is 291 g/mol. The summed E-state index contributed by atoms with van der Waals surface area (Å²) in [6.07, 6.45) is 6.88. The summed E-state index contributed by atoms with van der Waals surface area (Å²) in [5.41, 5.74) is 7.05. The van der Waals surface area contributed by atoms with Gasteiger partial charge in [-0.3, -0.25) is 4.79 Å². The lowest BCUT2D eigenvalue weighted by molar-refractivity contribution is -0.151. The Morgan fingerprint density at radius 3 is 2.19 bits per heavy atom. The highest BCUT2D eigenvalue weighted by Gasteiger charge is 2.20. The molecule has 1 aromatic carbocycles. The summed E-state index contributed by atoms with van der Waals surface area (Å²) in [4.78, 5) is 12.1. The lowest BCUT2D eigenvalue weighted by atomic mass is 10.0. The van der Waals surface area contributed by atoms with Crippen LogP contribution in [0.3, 0.4) is 0 Å². The third kappa shape index (κ3) is 7.28. The van der Waals surface area contributed by atoms with E-state index in [-0.39, 0.29) is 12.1 Å². The number of hydrogen-bond donors (Lipinski definition) is 1. The van der Waals surface area contributed by atoms with Gasteiger partial charge in [-0.15, -0.1) is 0 Å². The second-order valence-electron chi connectivity index (χ2n) is 5.64. The summed E-state index contributed by atoms with van der Waals surface area (Å²) in [6.45, 7) is 4.31. The normalized spacial score (nSPS) is 12.4. The zero-order valence-electron chi connectivity index (χ0n) is 13.4. The molecule has 1 aromatic rings. The molecule has 0 aromatic heterocycles. The molecule has 0 heterocycles. The Labute approximate surface area is 128 Å². The number of hydrogen-bond acceptors (Lipinski definition) is 3. The number of carbonyl (C=O) groups is 1. The van der Waals surface area contributed by atoms with Crippen LogP contribution in [0.1, 0.15) is 57.9 Å². The second kappa shape index (κ2) is 10.4. The Morgan fingerprint density at radius 2 is 1.67 bits per heavy atom. The Morgan fingerprint density at radius 1 is 1.10 bits per heavy atom. The Kier molecular flexibility index (Phi) is 8.76. The highest BCUT2D eigenvalue weighted by atomic mass is 16.5. The average Bonchev–Trinajstić information content (AvgIpc) is 2.50. The topological polar surface area (TPSA) is 52.3 Å². The maximum Gasteiger partial charge on any atom is 0.323 e. The van der Waals surface area contributed by atoms with Crippen molar-refractivity contribution in [2.75, 3.05) is 0 Å². The van der Waals surface area contributed by atoms with E-state index < -0.39 is 6.04 Å². The van der Waals surface area contributed by atoms with Gasteiger partial charge >= 0.3 is 5.97 Å². The van der Waals surface area contributed by atoms with Gasteiger partial charge < -0.3 is 10.5 Å². The predicted octanol–water partition coefficient (Wildman–Crippen LogP) is 3.85. The van der Waals surface area contributed by atoms with E-state index in [1.54, 1.807) is 0 Å². The lowest BCUT2D eigenvalue weighted by Crippen LogP contribution is -2.36. The SMILES string of the molecule is CCCCC(CCCC)OC(=O)[C@@H](N)Cc1ccccc1. The third-order valence-corrected chi connectivity index (χ3v) is 3.64. The summed E-state index contributed by atoms with van der Waals surface area (Å²) in [7, 11) is 0. The summed E-state index contributed by atoms with van der Waals surface area (Å²) in [5, 5.41) is 0. The van der Waals surface area contributed by atoms with Gasteiger partial charge in [-0.1, -0.05) is 69.9 Å². The zero-order valence-corrected chi connectivity index (χ0v) is 13.4. The first-order valence-electron chi connectivity index (χ1n) is 8.17. The number of rotatable bonds is 10. The van der Waals surface area contributed by atoms with Crippen LogP contribution in [0, 0.1) is 0 Å². The van der Waals surface area contributed by atoms with Crippen molar-refractivity contribution in [3.05, 3.63) is 35.9 Å². The van der Waals surface area contributed by atoms with Crippen molar-refractivity contribution in [3.63, 3.8) is 0 Å². The number of unbranched alkanes of at least 4 members (excludes halogenated alkanes) is 2. The zero-order chi connectivity index (χ0) is 15.5. The molecule has 0 spiro atoms. The van der Waals surface area contributed by atoms with Crippen molar-refractivity contribution in [2.24, 2.45) is 5.73 Å². The van der Waals surface area contributed by atoms with Gasteiger partial charge in [0.2, 0.25) is 0 Å². The molecule has 0 radical (unpaired) electrons. The van der Waals surface area contributed by atoms with E-state index in [1.807, 2.05) is 30.3 Å². The van der Waals surface area contributed by atoms with E-state index in [4.69, 9.17) is 10.5 Å². The van der Waals surface area contributed by atoms with E-state index in [2.05, 4.69) is 13.8 Å². The minimum absolute atomic E-state index is 0.0271. The maximum absolute atomic E-state index is 12.1. The van der Waals surface area contributed by atoms with Gasteiger partial charge in [0.05, 0.1) is 0 Å². The summed E-state index contributed by atoms with van der Waals surface area (Å²) in [5.74, 6) is -0.268. The van der Waals surface area contributed by atoms with Crippen LogP contribution in [0.4, 0.5) is 0 Å². The minimum Gasteiger partial charge on any atom is -0.461 e. The standard InChI is InChI=1S/C18H29NO2/c1-3-5-12-16(13-6-4-2)21-18(20)17(19)14-15-10-8-7-9-11-15/h7-11,16-17H,3-6,12-14,19H2,1-2H3/t17-/m0/s1. The molecule has 0 saturated carbocycles. The van der Waals surface area contributed by atoms with Crippen molar-refractivity contribution < 1.29 is 9.53 Å². The van der Waals surface area contributed by atoms with Crippen LogP contribution < -0.4 is 5.73 Å². The first kappa shape index (κ1) is 17.7. The van der Waals surface area contributed by atoms with Gasteiger partial charge in [-0.25, -0.2) is 0 Å². The van der Waals surface area contributed by atoms with Crippen molar-refractivity contribution in [3.8, 4) is 0 Å². The molecule has 0 aliphatic heterocycles. The van der Waals surface area contributed by atoms with Crippen LogP contribution in [-0.2, 0) is 16.0 Å². The number of nitrogens with two attached hydrogens (primary N) is 1. The second-order valence-corrected chi connectivity index (χ2v) is 5.64. The molecule has 0 saturated heterocycles. The fourth-order valence-corrected chi connectivity index (χ4v) is 2.33. The molecule has 0 bridgehead atoms. The van der Waals surface area contributed by atoms with E-state index in [1.165, 1.54) is 0 Å². The summed E-state index contributed by atoms with van der Waals surface area (Å²) >= 11 is 0. The van der Waals surface area contributed by atoms with E-state index in [9.17, 15) is 4.79 Å². The molecule has 0 unspecified atom stereocenters. The van der Waals surface area contributed by atoms with Gasteiger partial charge in [-0.2, -0.15) is 0 Å². The fourth-order valence-electron chi connectivity index (χ4n) is 2.33. The Bertz CT molecular complexity index is 383. The van der Waals surface area contributed by atoms with Gasteiger partial charge in [0.25, 0.3) is 0 Å². The molecule has 118 valence electrons. The number of carbonyl (C=O) groups excluding carboxylic acids is 1. The molecule has 0 amide bonds. The summed E-state index contributed by atoms with van der Waals surface area (Å²) in [6, 6.07) is 9.27. The molecule has 1 atom stereocenters. The minimum atomic E-state index is -0.571. The van der Waals surface area contributed by atoms with Crippen LogP contribution in [0.5, 0.6) is 0 Å². The lowest BCUT2D eigenvalue weighted by Gasteiger charge is -2.20. The molecule has 21 heavy (non-hydrogen) atoms. The number of esters is 1. The highest BCUT2D eigenvalue weighted by molar-refractivity contribution is 5.76. The van der Waals surface area contributed by atoms with Crippen LogP contribution in [0.25, 0.3) is 0 Å². The quantitative estimate of drug-likeness (QED) is 0.666. The first-order chi connectivity index (χ1) is 10.2. The van der Waals surface area contributed by atoms with Gasteiger partial charge in [0, 0.05) is 0 Å². The third-order valence-electron chi connectivity index (χ3n) is 3.64.